The van der Waals surface area contributed by atoms with E-state index in [9.17, 15) is 4.79 Å². The topological polar surface area (TPSA) is 77.8 Å². The number of unbranched alkanes of at least 4 members (excludes halogenated alkanes) is 5. The normalized spacial score (nSPS) is 8.93. The van der Waals surface area contributed by atoms with Gasteiger partial charge in [0.15, 0.2) is 0 Å². The highest BCUT2D eigenvalue weighted by Gasteiger charge is 1.88. The summed E-state index contributed by atoms with van der Waals surface area (Å²) in [4.78, 5) is 9.25. The lowest BCUT2D eigenvalue weighted by Crippen LogP contribution is -1.85. The molecule has 0 saturated carbocycles. The Balaban J connectivity index is 0. The van der Waals surface area contributed by atoms with Crippen LogP contribution >= 0.6 is 0 Å². The van der Waals surface area contributed by atoms with E-state index in [1.807, 2.05) is 0 Å². The lowest BCUT2D eigenvalue weighted by Gasteiger charge is -1.97. The largest absolute Gasteiger partial charge is 0.478 e. The highest BCUT2D eigenvalue weighted by atomic mass is 16.4. The molecule has 0 heterocycles. The molecule has 0 aliphatic carbocycles. The zero-order chi connectivity index (χ0) is 11.9. The van der Waals surface area contributed by atoms with Crippen LogP contribution in [0.5, 0.6) is 0 Å². The SMILES string of the molecule is C=CC(=O)O.OCCCCCCCCO. The van der Waals surface area contributed by atoms with E-state index in [1.54, 1.807) is 0 Å². The van der Waals surface area contributed by atoms with Crippen molar-refractivity contribution in [2.45, 2.75) is 38.5 Å². The standard InChI is InChI=1S/C8H18O2.C3H4O2/c9-7-5-3-1-2-4-6-8-10;1-2-3(4)5/h9-10H,1-8H2;2H,1H2,(H,4,5). The van der Waals surface area contributed by atoms with Gasteiger partial charge in [0, 0.05) is 19.3 Å². The van der Waals surface area contributed by atoms with Crippen molar-refractivity contribution < 1.29 is 20.1 Å². The van der Waals surface area contributed by atoms with Crippen molar-refractivity contribution in [2.24, 2.45) is 0 Å². The molecule has 0 rings (SSSR count). The van der Waals surface area contributed by atoms with Gasteiger partial charge in [-0.2, -0.15) is 0 Å². The molecule has 0 unspecified atom stereocenters. The number of carbonyl (C=O) groups is 1. The lowest BCUT2D eigenvalue weighted by molar-refractivity contribution is -0.131. The first-order valence-corrected chi connectivity index (χ1v) is 5.26. The van der Waals surface area contributed by atoms with Gasteiger partial charge in [0.2, 0.25) is 0 Å². The van der Waals surface area contributed by atoms with Gasteiger partial charge in [-0.1, -0.05) is 32.3 Å². The first-order chi connectivity index (χ1) is 7.18. The minimum Gasteiger partial charge on any atom is -0.478 e. The Morgan fingerprint density at radius 3 is 1.40 bits per heavy atom. The summed E-state index contributed by atoms with van der Waals surface area (Å²) in [6.45, 7) is 3.60. The second kappa shape index (κ2) is 15.6. The van der Waals surface area contributed by atoms with Gasteiger partial charge in [-0.25, -0.2) is 4.79 Å². The van der Waals surface area contributed by atoms with E-state index in [-0.39, 0.29) is 0 Å². The summed E-state index contributed by atoms with van der Waals surface area (Å²) in [6.07, 6.45) is 7.34. The Morgan fingerprint density at radius 1 is 0.933 bits per heavy atom. The van der Waals surface area contributed by atoms with E-state index >= 15 is 0 Å². The number of hydrogen-bond acceptors (Lipinski definition) is 3. The molecule has 0 atom stereocenters. The van der Waals surface area contributed by atoms with Crippen molar-refractivity contribution >= 4 is 5.97 Å². The third-order valence-electron chi connectivity index (χ3n) is 1.74. The molecular formula is C11H22O4. The van der Waals surface area contributed by atoms with Crippen LogP contribution < -0.4 is 0 Å². The zero-order valence-electron chi connectivity index (χ0n) is 9.19. The number of carboxylic acids is 1. The van der Waals surface area contributed by atoms with Crippen LogP contribution in [0.4, 0.5) is 0 Å². The second-order valence-electron chi connectivity index (χ2n) is 3.11. The van der Waals surface area contributed by atoms with Crippen LogP contribution in [-0.2, 0) is 4.79 Å². The molecule has 0 amide bonds. The predicted molar refractivity (Wildman–Crippen MR) is 59.7 cm³/mol. The molecule has 0 radical (unpaired) electrons. The lowest BCUT2D eigenvalue weighted by atomic mass is 10.1. The van der Waals surface area contributed by atoms with Crippen LogP contribution in [-0.4, -0.2) is 34.5 Å². The summed E-state index contributed by atoms with van der Waals surface area (Å²) >= 11 is 0. The third kappa shape index (κ3) is 24.6. The summed E-state index contributed by atoms with van der Waals surface area (Å²) in [5, 5.41) is 24.5. The monoisotopic (exact) mass is 218 g/mol. The van der Waals surface area contributed by atoms with Crippen molar-refractivity contribution in [1.29, 1.82) is 0 Å². The van der Waals surface area contributed by atoms with E-state index in [4.69, 9.17) is 15.3 Å². The maximum atomic E-state index is 9.25. The Labute approximate surface area is 91.2 Å². The predicted octanol–water partition coefficient (Wildman–Crippen LogP) is 1.57. The van der Waals surface area contributed by atoms with Crippen molar-refractivity contribution in [3.63, 3.8) is 0 Å². The second-order valence-corrected chi connectivity index (χ2v) is 3.11. The Kier molecular flexibility index (Phi) is 17.2. The van der Waals surface area contributed by atoms with Crippen LogP contribution in [0.1, 0.15) is 38.5 Å². The highest BCUT2D eigenvalue weighted by molar-refractivity contribution is 5.78. The highest BCUT2D eigenvalue weighted by Crippen LogP contribution is 2.03. The van der Waals surface area contributed by atoms with Gasteiger partial charge in [-0.05, 0) is 12.8 Å². The van der Waals surface area contributed by atoms with E-state index < -0.39 is 5.97 Å². The van der Waals surface area contributed by atoms with E-state index in [0.29, 0.717) is 13.2 Å². The quantitative estimate of drug-likeness (QED) is 0.427. The molecule has 0 spiro atoms. The molecular weight excluding hydrogens is 196 g/mol. The van der Waals surface area contributed by atoms with Gasteiger partial charge < -0.3 is 15.3 Å². The smallest absolute Gasteiger partial charge is 0.327 e. The summed E-state index contributed by atoms with van der Waals surface area (Å²) in [7, 11) is 0. The van der Waals surface area contributed by atoms with E-state index in [2.05, 4.69) is 6.58 Å². The van der Waals surface area contributed by atoms with Gasteiger partial charge in [0.1, 0.15) is 0 Å². The molecule has 90 valence electrons. The van der Waals surface area contributed by atoms with Crippen molar-refractivity contribution in [2.75, 3.05) is 13.2 Å². The number of rotatable bonds is 8. The maximum absolute atomic E-state index is 9.25. The molecule has 4 nitrogen and oxygen atoms in total. The minimum absolute atomic E-state index is 0.319. The molecule has 0 aromatic carbocycles. The van der Waals surface area contributed by atoms with Crippen LogP contribution in [0.25, 0.3) is 0 Å². The van der Waals surface area contributed by atoms with Gasteiger partial charge >= 0.3 is 5.97 Å². The molecule has 0 aliphatic heterocycles. The molecule has 0 bridgehead atoms. The number of carboxylic acid groups (broad SMARTS) is 1. The molecule has 3 N–H and O–H groups in total. The molecule has 0 aromatic heterocycles. The van der Waals surface area contributed by atoms with Gasteiger partial charge in [-0.3, -0.25) is 0 Å². The van der Waals surface area contributed by atoms with Crippen LogP contribution in [0.2, 0.25) is 0 Å². The fourth-order valence-electron chi connectivity index (χ4n) is 0.931. The average molecular weight is 218 g/mol. The Bertz CT molecular complexity index is 138. The molecule has 0 aliphatic rings. The van der Waals surface area contributed by atoms with Crippen molar-refractivity contribution in [3.05, 3.63) is 12.7 Å². The van der Waals surface area contributed by atoms with Crippen molar-refractivity contribution in [1.82, 2.24) is 0 Å². The van der Waals surface area contributed by atoms with Crippen LogP contribution in [0.15, 0.2) is 12.7 Å². The first-order valence-electron chi connectivity index (χ1n) is 5.26. The fourth-order valence-corrected chi connectivity index (χ4v) is 0.931. The van der Waals surface area contributed by atoms with Gasteiger partial charge in [0.25, 0.3) is 0 Å². The van der Waals surface area contributed by atoms with E-state index in [0.717, 1.165) is 31.8 Å². The van der Waals surface area contributed by atoms with Gasteiger partial charge in [0.05, 0.1) is 0 Å². The average Bonchev–Trinajstić information content (AvgIpc) is 2.24. The zero-order valence-corrected chi connectivity index (χ0v) is 9.19. The summed E-state index contributed by atoms with van der Waals surface area (Å²) in [5.74, 6) is -0.981. The minimum atomic E-state index is -0.981. The summed E-state index contributed by atoms with van der Waals surface area (Å²) in [5.41, 5.74) is 0. The first kappa shape index (κ1) is 16.6. The molecule has 0 saturated heterocycles. The molecule has 0 aromatic rings. The number of aliphatic hydroxyl groups excluding tert-OH is 2. The molecule has 0 fully saturated rings. The van der Waals surface area contributed by atoms with Gasteiger partial charge in [-0.15, -0.1) is 0 Å². The maximum Gasteiger partial charge on any atom is 0.327 e. The summed E-state index contributed by atoms with van der Waals surface area (Å²) in [6, 6.07) is 0. The fraction of sp³-hybridized carbons (Fsp3) is 0.727. The number of hydrogen-bond donors (Lipinski definition) is 3. The number of aliphatic hydroxyl groups is 2. The van der Waals surface area contributed by atoms with Crippen LogP contribution in [0, 0.1) is 0 Å². The van der Waals surface area contributed by atoms with Crippen LogP contribution in [0.3, 0.4) is 0 Å². The Morgan fingerprint density at radius 2 is 1.20 bits per heavy atom. The Hall–Kier alpha value is -0.870. The third-order valence-corrected chi connectivity index (χ3v) is 1.74. The molecule has 4 heteroatoms. The number of aliphatic carboxylic acids is 1. The molecule has 15 heavy (non-hydrogen) atoms. The van der Waals surface area contributed by atoms with Crippen molar-refractivity contribution in [3.8, 4) is 0 Å². The van der Waals surface area contributed by atoms with E-state index in [1.165, 1.54) is 12.8 Å². The summed E-state index contributed by atoms with van der Waals surface area (Å²) < 4.78 is 0.